The van der Waals surface area contributed by atoms with Gasteiger partial charge in [-0.05, 0) is 64.7 Å². The summed E-state index contributed by atoms with van der Waals surface area (Å²) >= 11 is 0. The lowest BCUT2D eigenvalue weighted by atomic mass is 9.96. The van der Waals surface area contributed by atoms with E-state index in [0.29, 0.717) is 5.92 Å². The molecule has 2 heterocycles. The van der Waals surface area contributed by atoms with Crippen LogP contribution >= 0.6 is 0 Å². The number of aromatic nitrogens is 2. The summed E-state index contributed by atoms with van der Waals surface area (Å²) in [5, 5.41) is 4.56. The third-order valence-electron chi connectivity index (χ3n) is 4.90. The molecule has 0 atom stereocenters. The van der Waals surface area contributed by atoms with Crippen molar-refractivity contribution in [2.45, 2.75) is 47.1 Å². The number of carbonyl (C=O) groups is 1. The number of carbonyl (C=O) groups excluding carboxylic acids is 1. The Labute approximate surface area is 144 Å². The molecule has 1 amide bonds. The van der Waals surface area contributed by atoms with Crippen LogP contribution in [-0.4, -0.2) is 33.7 Å². The number of amides is 1. The minimum absolute atomic E-state index is 0.173. The lowest BCUT2D eigenvalue weighted by molar-refractivity contribution is 0.0680. The molecule has 1 aromatic carbocycles. The molecule has 1 aliphatic rings. The zero-order valence-corrected chi connectivity index (χ0v) is 15.2. The highest BCUT2D eigenvalue weighted by atomic mass is 16.2. The molecule has 1 aliphatic heterocycles. The first kappa shape index (κ1) is 16.7. The van der Waals surface area contributed by atoms with E-state index in [2.05, 4.69) is 28.8 Å². The second kappa shape index (κ2) is 6.80. The maximum Gasteiger partial charge on any atom is 0.253 e. The maximum absolute atomic E-state index is 12.7. The summed E-state index contributed by atoms with van der Waals surface area (Å²) in [6.07, 6.45) is 2.10. The minimum Gasteiger partial charge on any atom is -0.339 e. The van der Waals surface area contributed by atoms with Gasteiger partial charge >= 0.3 is 0 Å². The lowest BCUT2D eigenvalue weighted by Crippen LogP contribution is -2.39. The van der Waals surface area contributed by atoms with Gasteiger partial charge in [-0.15, -0.1) is 0 Å². The average molecular weight is 325 g/mol. The van der Waals surface area contributed by atoms with Crippen molar-refractivity contribution in [1.29, 1.82) is 0 Å². The smallest absolute Gasteiger partial charge is 0.253 e. The predicted octanol–water partition coefficient (Wildman–Crippen LogP) is 3.67. The van der Waals surface area contributed by atoms with Gasteiger partial charge in [0.2, 0.25) is 0 Å². The van der Waals surface area contributed by atoms with Gasteiger partial charge in [-0.3, -0.25) is 9.48 Å². The molecule has 0 spiro atoms. The van der Waals surface area contributed by atoms with Crippen molar-refractivity contribution in [3.63, 3.8) is 0 Å². The Balaban J connectivity index is 1.60. The first-order valence-corrected chi connectivity index (χ1v) is 8.81. The lowest BCUT2D eigenvalue weighted by Gasteiger charge is -2.32. The molecule has 0 bridgehead atoms. The van der Waals surface area contributed by atoms with Crippen molar-refractivity contribution in [3.8, 4) is 0 Å². The molecular weight excluding hydrogens is 298 g/mol. The van der Waals surface area contributed by atoms with Crippen LogP contribution in [-0.2, 0) is 6.54 Å². The van der Waals surface area contributed by atoms with Crippen LogP contribution in [0.15, 0.2) is 24.3 Å². The van der Waals surface area contributed by atoms with Crippen LogP contribution in [0, 0.1) is 33.6 Å². The van der Waals surface area contributed by atoms with E-state index < -0.39 is 0 Å². The van der Waals surface area contributed by atoms with Crippen molar-refractivity contribution in [2.24, 2.45) is 5.92 Å². The van der Waals surface area contributed by atoms with Gasteiger partial charge in [-0.2, -0.15) is 5.10 Å². The highest BCUT2D eigenvalue weighted by molar-refractivity contribution is 5.94. The van der Waals surface area contributed by atoms with Crippen LogP contribution in [0.2, 0.25) is 0 Å². The van der Waals surface area contributed by atoms with E-state index >= 15 is 0 Å². The second-order valence-electron chi connectivity index (χ2n) is 7.22. The van der Waals surface area contributed by atoms with Crippen LogP contribution in [0.3, 0.4) is 0 Å². The zero-order valence-electron chi connectivity index (χ0n) is 15.2. The molecule has 128 valence electrons. The molecule has 0 radical (unpaired) electrons. The zero-order chi connectivity index (χ0) is 17.3. The van der Waals surface area contributed by atoms with Gasteiger partial charge < -0.3 is 4.90 Å². The molecule has 4 heteroatoms. The number of benzene rings is 1. The summed E-state index contributed by atoms with van der Waals surface area (Å²) in [5.74, 6) is 0.776. The molecule has 2 aromatic rings. The topological polar surface area (TPSA) is 38.1 Å². The quantitative estimate of drug-likeness (QED) is 0.863. The molecule has 1 fully saturated rings. The van der Waals surface area contributed by atoms with E-state index in [0.717, 1.165) is 54.9 Å². The van der Waals surface area contributed by atoms with Crippen molar-refractivity contribution in [2.75, 3.05) is 13.1 Å². The van der Waals surface area contributed by atoms with E-state index in [1.807, 2.05) is 37.8 Å². The van der Waals surface area contributed by atoms with Gasteiger partial charge in [0.25, 0.3) is 5.91 Å². The van der Waals surface area contributed by atoms with Crippen molar-refractivity contribution in [1.82, 2.24) is 14.7 Å². The summed E-state index contributed by atoms with van der Waals surface area (Å²) in [4.78, 5) is 14.7. The third kappa shape index (κ3) is 3.69. The molecular formula is C20H27N3O. The van der Waals surface area contributed by atoms with Gasteiger partial charge in [0, 0.05) is 30.9 Å². The van der Waals surface area contributed by atoms with Crippen LogP contribution in [0.25, 0.3) is 0 Å². The van der Waals surface area contributed by atoms with Crippen molar-refractivity contribution < 1.29 is 4.79 Å². The first-order chi connectivity index (χ1) is 11.4. The third-order valence-corrected chi connectivity index (χ3v) is 4.90. The fraction of sp³-hybridized carbons (Fsp3) is 0.500. The highest BCUT2D eigenvalue weighted by Crippen LogP contribution is 2.22. The van der Waals surface area contributed by atoms with E-state index in [1.165, 1.54) is 5.69 Å². The average Bonchev–Trinajstić information content (AvgIpc) is 2.84. The molecule has 0 saturated carbocycles. The van der Waals surface area contributed by atoms with Gasteiger partial charge in [-0.1, -0.05) is 17.2 Å². The van der Waals surface area contributed by atoms with Gasteiger partial charge in [-0.25, -0.2) is 0 Å². The van der Waals surface area contributed by atoms with E-state index in [4.69, 9.17) is 0 Å². The number of aryl methyl sites for hydroxylation is 4. The maximum atomic E-state index is 12.7. The molecule has 3 rings (SSSR count). The van der Waals surface area contributed by atoms with Crippen molar-refractivity contribution >= 4 is 5.91 Å². The Morgan fingerprint density at radius 2 is 1.67 bits per heavy atom. The van der Waals surface area contributed by atoms with Crippen LogP contribution < -0.4 is 0 Å². The molecule has 0 aliphatic carbocycles. The fourth-order valence-electron chi connectivity index (χ4n) is 3.70. The highest BCUT2D eigenvalue weighted by Gasteiger charge is 2.24. The molecule has 1 aromatic heterocycles. The number of hydrogen-bond donors (Lipinski definition) is 0. The summed E-state index contributed by atoms with van der Waals surface area (Å²) in [5.41, 5.74) is 5.43. The Morgan fingerprint density at radius 1 is 1.04 bits per heavy atom. The summed E-state index contributed by atoms with van der Waals surface area (Å²) < 4.78 is 2.11. The standard InChI is InChI=1S/C20H27N3O/c1-14-9-15(2)11-19(10-14)20(24)22-7-5-18(6-8-22)13-23-17(4)12-16(3)21-23/h9-12,18H,5-8,13H2,1-4H3. The number of piperidine rings is 1. The van der Waals surface area contributed by atoms with E-state index in [1.54, 1.807) is 0 Å². The van der Waals surface area contributed by atoms with Crippen molar-refractivity contribution in [3.05, 3.63) is 52.3 Å². The van der Waals surface area contributed by atoms with Crippen LogP contribution in [0.1, 0.15) is 45.7 Å². The van der Waals surface area contributed by atoms with E-state index in [9.17, 15) is 4.79 Å². The van der Waals surface area contributed by atoms with Gasteiger partial charge in [0.05, 0.1) is 5.69 Å². The Kier molecular flexibility index (Phi) is 4.74. The minimum atomic E-state index is 0.173. The predicted molar refractivity (Wildman–Crippen MR) is 96.2 cm³/mol. The molecule has 0 unspecified atom stereocenters. The number of likely N-dealkylation sites (tertiary alicyclic amines) is 1. The molecule has 1 saturated heterocycles. The molecule has 4 nitrogen and oxygen atoms in total. The summed E-state index contributed by atoms with van der Waals surface area (Å²) in [7, 11) is 0. The fourth-order valence-corrected chi connectivity index (χ4v) is 3.70. The largest absolute Gasteiger partial charge is 0.339 e. The van der Waals surface area contributed by atoms with E-state index in [-0.39, 0.29) is 5.91 Å². The molecule has 24 heavy (non-hydrogen) atoms. The first-order valence-electron chi connectivity index (χ1n) is 8.81. The molecule has 0 N–H and O–H groups in total. The normalized spacial score (nSPS) is 15.8. The number of rotatable bonds is 3. The van der Waals surface area contributed by atoms with Crippen LogP contribution in [0.5, 0.6) is 0 Å². The number of nitrogens with zero attached hydrogens (tertiary/aromatic N) is 3. The Hall–Kier alpha value is -2.10. The van der Waals surface area contributed by atoms with Gasteiger partial charge in [0.15, 0.2) is 0 Å². The van der Waals surface area contributed by atoms with Crippen LogP contribution in [0.4, 0.5) is 0 Å². The number of hydrogen-bond acceptors (Lipinski definition) is 2. The second-order valence-corrected chi connectivity index (χ2v) is 7.22. The Bertz CT molecular complexity index is 719. The summed E-state index contributed by atoms with van der Waals surface area (Å²) in [6.45, 7) is 10.9. The Morgan fingerprint density at radius 3 is 2.21 bits per heavy atom. The van der Waals surface area contributed by atoms with Gasteiger partial charge in [0.1, 0.15) is 0 Å². The SMILES string of the molecule is Cc1cc(C)cc(C(=O)N2CCC(Cn3nc(C)cc3C)CC2)c1. The summed E-state index contributed by atoms with van der Waals surface area (Å²) in [6, 6.07) is 8.23. The monoisotopic (exact) mass is 325 g/mol.